The van der Waals surface area contributed by atoms with Crippen LogP contribution in [0.25, 0.3) is 0 Å². The largest absolute Gasteiger partial charge is 0.457 e. The fraction of sp³-hybridized carbons (Fsp3) is 0.269. The van der Waals surface area contributed by atoms with Crippen molar-refractivity contribution < 1.29 is 4.74 Å². The minimum Gasteiger partial charge on any atom is -0.457 e. The van der Waals surface area contributed by atoms with Crippen molar-refractivity contribution in [2.24, 2.45) is 4.99 Å². The first kappa shape index (κ1) is 20.7. The summed E-state index contributed by atoms with van der Waals surface area (Å²) in [5.74, 6) is 1.65. The summed E-state index contributed by atoms with van der Waals surface area (Å²) in [7, 11) is 4.07. The Balaban J connectivity index is 1.62. The number of ether oxygens (including phenoxy) is 1. The maximum atomic E-state index is 5.98. The van der Waals surface area contributed by atoms with Gasteiger partial charge in [0.2, 0.25) is 0 Å². The second kappa shape index (κ2) is 8.95. The molecule has 150 valence electrons. The van der Waals surface area contributed by atoms with Gasteiger partial charge in [-0.15, -0.1) is 0 Å². The van der Waals surface area contributed by atoms with Gasteiger partial charge < -0.3 is 9.64 Å². The molecule has 0 radical (unpaired) electrons. The van der Waals surface area contributed by atoms with E-state index in [2.05, 4.69) is 67.1 Å². The summed E-state index contributed by atoms with van der Waals surface area (Å²) in [6, 6.07) is 24.5. The Kier molecular flexibility index (Phi) is 6.38. The van der Waals surface area contributed by atoms with Gasteiger partial charge in [0, 0.05) is 26.0 Å². The lowest BCUT2D eigenvalue weighted by molar-refractivity contribution is 0.478. The molecule has 0 fully saturated rings. The van der Waals surface area contributed by atoms with E-state index in [4.69, 9.17) is 4.74 Å². The Bertz CT molecular complexity index is 938. The number of benzene rings is 3. The van der Waals surface area contributed by atoms with Gasteiger partial charge in [-0.2, -0.15) is 0 Å². The molecular formula is C26H30N2O. The molecule has 0 saturated heterocycles. The van der Waals surface area contributed by atoms with E-state index in [1.54, 1.807) is 0 Å². The van der Waals surface area contributed by atoms with Crippen LogP contribution in [0.4, 0.5) is 11.4 Å². The first-order valence-electron chi connectivity index (χ1n) is 10.1. The molecule has 0 atom stereocenters. The SMILES string of the molecule is CCC(C)(C)c1ccc(Oc2ccc(N=Cc3ccc(N(C)C)cc3)cc2)cc1. The summed E-state index contributed by atoms with van der Waals surface area (Å²) in [6.07, 6.45) is 2.98. The summed E-state index contributed by atoms with van der Waals surface area (Å²) in [6.45, 7) is 6.74. The predicted molar refractivity (Wildman–Crippen MR) is 124 cm³/mol. The second-order valence-corrected chi connectivity index (χ2v) is 8.10. The minimum absolute atomic E-state index is 0.185. The second-order valence-electron chi connectivity index (χ2n) is 8.10. The Labute approximate surface area is 174 Å². The van der Waals surface area contributed by atoms with Crippen LogP contribution in [-0.4, -0.2) is 20.3 Å². The molecule has 0 saturated carbocycles. The van der Waals surface area contributed by atoms with Crippen LogP contribution in [0.3, 0.4) is 0 Å². The van der Waals surface area contributed by atoms with Crippen molar-refractivity contribution >= 4 is 17.6 Å². The summed E-state index contributed by atoms with van der Waals surface area (Å²) in [4.78, 5) is 6.63. The number of anilines is 1. The normalized spacial score (nSPS) is 11.6. The lowest BCUT2D eigenvalue weighted by atomic mass is 9.82. The molecule has 3 nitrogen and oxygen atoms in total. The van der Waals surface area contributed by atoms with E-state index in [0.29, 0.717) is 0 Å². The first-order chi connectivity index (χ1) is 13.9. The number of hydrogen-bond donors (Lipinski definition) is 0. The van der Waals surface area contributed by atoms with Crippen molar-refractivity contribution in [1.29, 1.82) is 0 Å². The highest BCUT2D eigenvalue weighted by Gasteiger charge is 2.17. The highest BCUT2D eigenvalue weighted by atomic mass is 16.5. The molecule has 0 aliphatic rings. The highest BCUT2D eigenvalue weighted by molar-refractivity contribution is 5.82. The van der Waals surface area contributed by atoms with Crippen molar-refractivity contribution in [3.63, 3.8) is 0 Å². The van der Waals surface area contributed by atoms with Gasteiger partial charge in [-0.1, -0.05) is 45.0 Å². The minimum atomic E-state index is 0.185. The smallest absolute Gasteiger partial charge is 0.127 e. The molecule has 0 N–H and O–H groups in total. The summed E-state index contributed by atoms with van der Waals surface area (Å²) in [5.41, 5.74) is 4.66. The number of hydrogen-bond acceptors (Lipinski definition) is 3. The maximum absolute atomic E-state index is 5.98. The van der Waals surface area contributed by atoms with E-state index in [-0.39, 0.29) is 5.41 Å². The van der Waals surface area contributed by atoms with Gasteiger partial charge in [-0.3, -0.25) is 4.99 Å². The maximum Gasteiger partial charge on any atom is 0.127 e. The van der Waals surface area contributed by atoms with E-state index in [9.17, 15) is 0 Å². The van der Waals surface area contributed by atoms with E-state index < -0.39 is 0 Å². The van der Waals surface area contributed by atoms with Crippen LogP contribution in [-0.2, 0) is 5.41 Å². The van der Waals surface area contributed by atoms with Gasteiger partial charge in [0.1, 0.15) is 11.5 Å². The molecule has 0 aromatic heterocycles. The Morgan fingerprint density at radius 1 is 0.828 bits per heavy atom. The van der Waals surface area contributed by atoms with Crippen molar-refractivity contribution in [3.8, 4) is 11.5 Å². The van der Waals surface area contributed by atoms with Gasteiger partial charge in [0.05, 0.1) is 5.69 Å². The molecule has 3 aromatic rings. The molecule has 0 bridgehead atoms. The Morgan fingerprint density at radius 2 is 1.38 bits per heavy atom. The van der Waals surface area contributed by atoms with Crippen LogP contribution in [0.2, 0.25) is 0 Å². The van der Waals surface area contributed by atoms with Crippen LogP contribution < -0.4 is 9.64 Å². The average Bonchev–Trinajstić information content (AvgIpc) is 2.74. The quantitative estimate of drug-likeness (QED) is 0.409. The molecular weight excluding hydrogens is 356 g/mol. The Morgan fingerprint density at radius 3 is 1.90 bits per heavy atom. The highest BCUT2D eigenvalue weighted by Crippen LogP contribution is 2.30. The van der Waals surface area contributed by atoms with Gasteiger partial charge in [-0.25, -0.2) is 0 Å². The van der Waals surface area contributed by atoms with E-state index >= 15 is 0 Å². The third kappa shape index (κ3) is 5.47. The molecule has 29 heavy (non-hydrogen) atoms. The van der Waals surface area contributed by atoms with Crippen molar-refractivity contribution in [1.82, 2.24) is 0 Å². The summed E-state index contributed by atoms with van der Waals surface area (Å²) < 4.78 is 5.98. The lowest BCUT2D eigenvalue weighted by Crippen LogP contribution is -2.14. The lowest BCUT2D eigenvalue weighted by Gasteiger charge is -2.23. The van der Waals surface area contributed by atoms with Gasteiger partial charge in [-0.05, 0) is 71.5 Å². The molecule has 0 heterocycles. The molecule has 3 heteroatoms. The molecule has 3 aromatic carbocycles. The van der Waals surface area contributed by atoms with Crippen LogP contribution in [0.15, 0.2) is 77.8 Å². The van der Waals surface area contributed by atoms with Crippen LogP contribution in [0, 0.1) is 0 Å². The number of nitrogens with zero attached hydrogens (tertiary/aromatic N) is 2. The van der Waals surface area contributed by atoms with Gasteiger partial charge >= 0.3 is 0 Å². The van der Waals surface area contributed by atoms with Crippen LogP contribution >= 0.6 is 0 Å². The summed E-state index contributed by atoms with van der Waals surface area (Å²) >= 11 is 0. The standard InChI is InChI=1S/C26H30N2O/c1-6-26(2,3)21-9-15-24(16-10-21)29-25-17-11-22(12-18-25)27-19-20-7-13-23(14-8-20)28(4)5/h7-19H,6H2,1-5H3. The molecule has 0 amide bonds. The van der Waals surface area contributed by atoms with E-state index in [1.165, 1.54) is 11.3 Å². The van der Waals surface area contributed by atoms with Gasteiger partial charge in [0.25, 0.3) is 0 Å². The molecule has 0 aliphatic heterocycles. The zero-order valence-electron chi connectivity index (χ0n) is 18.0. The zero-order valence-corrected chi connectivity index (χ0v) is 18.0. The third-order valence-corrected chi connectivity index (χ3v) is 5.36. The third-order valence-electron chi connectivity index (χ3n) is 5.36. The van der Waals surface area contributed by atoms with Crippen molar-refractivity contribution in [3.05, 3.63) is 83.9 Å². The molecule has 0 unspecified atom stereocenters. The van der Waals surface area contributed by atoms with E-state index in [1.807, 2.05) is 56.7 Å². The fourth-order valence-electron chi connectivity index (χ4n) is 2.92. The van der Waals surface area contributed by atoms with Gasteiger partial charge in [0.15, 0.2) is 0 Å². The zero-order chi connectivity index (χ0) is 20.9. The fourth-order valence-corrected chi connectivity index (χ4v) is 2.92. The van der Waals surface area contributed by atoms with Crippen molar-refractivity contribution in [2.75, 3.05) is 19.0 Å². The number of aliphatic imine (C=N–C) groups is 1. The predicted octanol–water partition coefficient (Wildman–Crippen LogP) is 6.98. The van der Waals surface area contributed by atoms with E-state index in [0.717, 1.165) is 29.2 Å². The molecule has 3 rings (SSSR count). The first-order valence-corrected chi connectivity index (χ1v) is 10.1. The average molecular weight is 387 g/mol. The molecule has 0 aliphatic carbocycles. The molecule has 0 spiro atoms. The number of rotatable bonds is 7. The summed E-state index contributed by atoms with van der Waals surface area (Å²) in [5, 5.41) is 0. The van der Waals surface area contributed by atoms with Crippen LogP contribution in [0.1, 0.15) is 38.3 Å². The monoisotopic (exact) mass is 386 g/mol. The topological polar surface area (TPSA) is 24.8 Å². The van der Waals surface area contributed by atoms with Crippen molar-refractivity contribution in [2.45, 2.75) is 32.6 Å². The van der Waals surface area contributed by atoms with Crippen LogP contribution in [0.5, 0.6) is 11.5 Å². The Hall–Kier alpha value is -3.07.